The Labute approximate surface area is 141 Å². The molecule has 0 bridgehead atoms. The number of carbonyl (C=O) groups excluding carboxylic acids is 1. The number of amides is 1. The van der Waals surface area contributed by atoms with E-state index in [0.717, 1.165) is 21.0 Å². The lowest BCUT2D eigenvalue weighted by atomic mass is 10.1. The third kappa shape index (κ3) is 2.98. The van der Waals surface area contributed by atoms with E-state index in [1.54, 1.807) is 6.07 Å². The van der Waals surface area contributed by atoms with E-state index in [0.29, 0.717) is 10.6 Å². The van der Waals surface area contributed by atoms with Crippen molar-refractivity contribution in [3.63, 3.8) is 0 Å². The molecule has 0 saturated carbocycles. The summed E-state index contributed by atoms with van der Waals surface area (Å²) < 4.78 is 13.9. The van der Waals surface area contributed by atoms with Gasteiger partial charge in [-0.15, -0.1) is 0 Å². The Bertz CT molecular complexity index is 1060. The summed E-state index contributed by atoms with van der Waals surface area (Å²) in [5, 5.41) is 5.54. The zero-order valence-corrected chi connectivity index (χ0v) is 13.4. The lowest BCUT2D eigenvalue weighted by Crippen LogP contribution is -2.14. The smallest absolute Gasteiger partial charge is 0.230 e. The van der Waals surface area contributed by atoms with Gasteiger partial charge < -0.3 is 5.32 Å². The van der Waals surface area contributed by atoms with Crippen LogP contribution in [0.5, 0.6) is 0 Å². The fourth-order valence-electron chi connectivity index (χ4n) is 2.65. The lowest BCUT2D eigenvalue weighted by molar-refractivity contribution is -0.115. The molecule has 118 valence electrons. The first-order chi connectivity index (χ1) is 11.7. The fourth-order valence-corrected chi connectivity index (χ4v) is 3.56. The van der Waals surface area contributed by atoms with E-state index in [-0.39, 0.29) is 18.1 Å². The van der Waals surface area contributed by atoms with Crippen molar-refractivity contribution in [2.45, 2.75) is 6.42 Å². The minimum Gasteiger partial charge on any atom is -0.302 e. The van der Waals surface area contributed by atoms with Crippen LogP contribution in [0.4, 0.5) is 9.52 Å². The second-order valence-corrected chi connectivity index (χ2v) is 6.57. The SMILES string of the molecule is O=C(Cc1ccc2ccccc2c1)Nc1nc2ccc(F)cc2s1. The van der Waals surface area contributed by atoms with Gasteiger partial charge in [-0.1, -0.05) is 53.8 Å². The Morgan fingerprint density at radius 3 is 2.75 bits per heavy atom. The molecule has 0 atom stereocenters. The molecule has 0 unspecified atom stereocenters. The number of anilines is 1. The Hall–Kier alpha value is -2.79. The second-order valence-electron chi connectivity index (χ2n) is 5.54. The first kappa shape index (κ1) is 14.8. The van der Waals surface area contributed by atoms with Crippen molar-refractivity contribution in [1.82, 2.24) is 4.98 Å². The standard InChI is InChI=1S/C19H13FN2OS/c20-15-7-8-16-17(11-15)24-19(21-16)22-18(23)10-12-5-6-13-3-1-2-4-14(13)9-12/h1-9,11H,10H2,(H,21,22,23). The molecule has 4 rings (SSSR count). The summed E-state index contributed by atoms with van der Waals surface area (Å²) in [6.07, 6.45) is 0.273. The summed E-state index contributed by atoms with van der Waals surface area (Å²) in [6.45, 7) is 0. The van der Waals surface area contributed by atoms with E-state index in [9.17, 15) is 9.18 Å². The number of carbonyl (C=O) groups is 1. The topological polar surface area (TPSA) is 42.0 Å². The average molecular weight is 336 g/mol. The maximum absolute atomic E-state index is 13.2. The largest absolute Gasteiger partial charge is 0.302 e. The van der Waals surface area contributed by atoms with Gasteiger partial charge in [0.25, 0.3) is 0 Å². The molecule has 0 spiro atoms. The highest BCUT2D eigenvalue weighted by molar-refractivity contribution is 7.22. The summed E-state index contributed by atoms with van der Waals surface area (Å²) in [5.41, 5.74) is 1.63. The van der Waals surface area contributed by atoms with Gasteiger partial charge in [0.2, 0.25) is 5.91 Å². The van der Waals surface area contributed by atoms with Gasteiger partial charge in [0.05, 0.1) is 16.6 Å². The fraction of sp³-hybridized carbons (Fsp3) is 0.0526. The first-order valence-electron chi connectivity index (χ1n) is 7.51. The monoisotopic (exact) mass is 336 g/mol. The van der Waals surface area contributed by atoms with Crippen LogP contribution in [0, 0.1) is 5.82 Å². The Morgan fingerprint density at radius 1 is 1.04 bits per heavy atom. The van der Waals surface area contributed by atoms with Crippen molar-refractivity contribution < 1.29 is 9.18 Å². The molecule has 3 nitrogen and oxygen atoms in total. The van der Waals surface area contributed by atoms with E-state index >= 15 is 0 Å². The molecule has 5 heteroatoms. The number of rotatable bonds is 3. The zero-order valence-electron chi connectivity index (χ0n) is 12.6. The van der Waals surface area contributed by atoms with E-state index in [1.807, 2.05) is 42.5 Å². The minimum absolute atomic E-state index is 0.134. The number of benzene rings is 3. The van der Waals surface area contributed by atoms with E-state index in [1.165, 1.54) is 23.5 Å². The van der Waals surface area contributed by atoms with Gasteiger partial charge in [-0.3, -0.25) is 4.79 Å². The van der Waals surface area contributed by atoms with Gasteiger partial charge >= 0.3 is 0 Å². The van der Waals surface area contributed by atoms with Crippen LogP contribution in [0.2, 0.25) is 0 Å². The van der Waals surface area contributed by atoms with Crippen molar-refractivity contribution in [3.8, 4) is 0 Å². The molecule has 0 fully saturated rings. The van der Waals surface area contributed by atoms with Crippen molar-refractivity contribution in [2.75, 3.05) is 5.32 Å². The molecule has 3 aromatic carbocycles. The third-order valence-electron chi connectivity index (χ3n) is 3.78. The van der Waals surface area contributed by atoms with E-state index < -0.39 is 0 Å². The summed E-state index contributed by atoms with van der Waals surface area (Å²) in [6, 6.07) is 18.4. The molecular weight excluding hydrogens is 323 g/mol. The first-order valence-corrected chi connectivity index (χ1v) is 8.33. The van der Waals surface area contributed by atoms with Gasteiger partial charge in [0, 0.05) is 0 Å². The van der Waals surface area contributed by atoms with Crippen molar-refractivity contribution in [3.05, 3.63) is 72.0 Å². The summed E-state index contributed by atoms with van der Waals surface area (Å²) >= 11 is 1.27. The van der Waals surface area contributed by atoms with E-state index in [4.69, 9.17) is 0 Å². The maximum Gasteiger partial charge on any atom is 0.230 e. The van der Waals surface area contributed by atoms with Crippen molar-refractivity contribution >= 4 is 43.4 Å². The Balaban J connectivity index is 1.52. The molecule has 0 saturated heterocycles. The van der Waals surface area contributed by atoms with Crippen LogP contribution in [0.3, 0.4) is 0 Å². The predicted octanol–water partition coefficient (Wildman–Crippen LogP) is 4.77. The number of thiazole rings is 1. The second kappa shape index (κ2) is 6.02. The van der Waals surface area contributed by atoms with Gasteiger partial charge in [0.1, 0.15) is 5.82 Å². The quantitative estimate of drug-likeness (QED) is 0.585. The molecule has 1 heterocycles. The van der Waals surface area contributed by atoms with Crippen LogP contribution < -0.4 is 5.32 Å². The number of hydrogen-bond acceptors (Lipinski definition) is 3. The highest BCUT2D eigenvalue weighted by atomic mass is 32.1. The zero-order chi connectivity index (χ0) is 16.5. The molecule has 4 aromatic rings. The van der Waals surface area contributed by atoms with Crippen LogP contribution in [-0.2, 0) is 11.2 Å². The highest BCUT2D eigenvalue weighted by Gasteiger charge is 2.09. The molecule has 0 aliphatic carbocycles. The summed E-state index contributed by atoms with van der Waals surface area (Å²) in [5.74, 6) is -0.440. The van der Waals surface area contributed by atoms with E-state index in [2.05, 4.69) is 10.3 Å². The summed E-state index contributed by atoms with van der Waals surface area (Å²) in [4.78, 5) is 16.5. The van der Waals surface area contributed by atoms with Crippen LogP contribution in [0.15, 0.2) is 60.7 Å². The molecule has 1 N–H and O–H groups in total. The Morgan fingerprint density at radius 2 is 1.88 bits per heavy atom. The molecule has 1 amide bonds. The van der Waals surface area contributed by atoms with Crippen LogP contribution in [0.1, 0.15) is 5.56 Å². The maximum atomic E-state index is 13.2. The number of nitrogens with zero attached hydrogens (tertiary/aromatic N) is 1. The normalized spacial score (nSPS) is 11.0. The van der Waals surface area contributed by atoms with Crippen molar-refractivity contribution in [1.29, 1.82) is 0 Å². The third-order valence-corrected chi connectivity index (χ3v) is 4.71. The van der Waals surface area contributed by atoms with Gasteiger partial charge in [-0.05, 0) is 34.5 Å². The van der Waals surface area contributed by atoms with Gasteiger partial charge in [-0.2, -0.15) is 0 Å². The number of fused-ring (bicyclic) bond motifs is 2. The molecule has 0 radical (unpaired) electrons. The van der Waals surface area contributed by atoms with Gasteiger partial charge in [0.15, 0.2) is 5.13 Å². The van der Waals surface area contributed by atoms with Crippen LogP contribution in [-0.4, -0.2) is 10.9 Å². The van der Waals surface area contributed by atoms with Crippen molar-refractivity contribution in [2.24, 2.45) is 0 Å². The molecule has 24 heavy (non-hydrogen) atoms. The molecule has 1 aromatic heterocycles. The molecule has 0 aliphatic heterocycles. The molecular formula is C19H13FN2OS. The number of nitrogens with one attached hydrogen (secondary N) is 1. The minimum atomic E-state index is -0.305. The Kier molecular flexibility index (Phi) is 3.70. The van der Waals surface area contributed by atoms with Crippen LogP contribution in [0.25, 0.3) is 21.0 Å². The summed E-state index contributed by atoms with van der Waals surface area (Å²) in [7, 11) is 0. The average Bonchev–Trinajstić information content (AvgIpc) is 2.95. The predicted molar refractivity (Wildman–Crippen MR) is 95.9 cm³/mol. The lowest BCUT2D eigenvalue weighted by Gasteiger charge is -2.04. The van der Waals surface area contributed by atoms with Crippen LogP contribution >= 0.6 is 11.3 Å². The van der Waals surface area contributed by atoms with Gasteiger partial charge in [-0.25, -0.2) is 9.37 Å². The molecule has 0 aliphatic rings. The number of hydrogen-bond donors (Lipinski definition) is 1. The number of aromatic nitrogens is 1. The number of halogens is 1. The highest BCUT2D eigenvalue weighted by Crippen LogP contribution is 2.26.